The molecule has 0 saturated heterocycles. The second-order valence-corrected chi connectivity index (χ2v) is 3.31. The van der Waals surface area contributed by atoms with Gasteiger partial charge in [-0.15, -0.1) is 0 Å². The number of rotatable bonds is 2. The van der Waals surface area contributed by atoms with Crippen LogP contribution >= 0.6 is 0 Å². The first kappa shape index (κ1) is 9.64. The van der Waals surface area contributed by atoms with Crippen LogP contribution < -0.4 is 16.2 Å². The van der Waals surface area contributed by atoms with Gasteiger partial charge in [0, 0.05) is 18.0 Å². The first-order valence-corrected chi connectivity index (χ1v) is 4.76. The maximum atomic E-state index is 5.80. The Bertz CT molecular complexity index is 504. The summed E-state index contributed by atoms with van der Waals surface area (Å²) in [5, 5.41) is 5.08. The van der Waals surface area contributed by atoms with Crippen LogP contribution in [-0.2, 0) is 6.54 Å². The van der Waals surface area contributed by atoms with Crippen LogP contribution in [0.25, 0.3) is 10.9 Å². The zero-order valence-electron chi connectivity index (χ0n) is 8.82. The molecule has 1 heterocycles. The lowest BCUT2D eigenvalue weighted by atomic mass is 10.2. The molecule has 1 aromatic heterocycles. The molecule has 5 heteroatoms. The number of fused-ring (bicyclic) bond motifs is 1. The summed E-state index contributed by atoms with van der Waals surface area (Å²) in [6.07, 6.45) is 0. The second-order valence-electron chi connectivity index (χ2n) is 3.31. The van der Waals surface area contributed by atoms with Gasteiger partial charge in [0.15, 0.2) is 5.82 Å². The molecule has 0 radical (unpaired) electrons. The molecular weight excluding hydrogens is 192 g/mol. The van der Waals surface area contributed by atoms with E-state index in [4.69, 9.17) is 16.2 Å². The zero-order chi connectivity index (χ0) is 11.0. The highest BCUT2D eigenvalue weighted by atomic mass is 16.5. The predicted molar refractivity (Wildman–Crippen MR) is 60.8 cm³/mol. The molecule has 0 aliphatic heterocycles. The van der Waals surface area contributed by atoms with E-state index >= 15 is 0 Å². The summed E-state index contributed by atoms with van der Waals surface area (Å²) >= 11 is 0. The molecule has 0 bridgehead atoms. The Morgan fingerprint density at radius 1 is 1.40 bits per heavy atom. The Labute approximate surface area is 87.6 Å². The topological polar surface area (TPSA) is 79.1 Å². The van der Waals surface area contributed by atoms with Crippen molar-refractivity contribution in [1.82, 2.24) is 9.78 Å². The molecule has 0 saturated carbocycles. The monoisotopic (exact) mass is 206 g/mol. The van der Waals surface area contributed by atoms with Crippen LogP contribution in [0.15, 0.2) is 12.1 Å². The number of methoxy groups -OCH3 is 1. The molecule has 0 aliphatic carbocycles. The standard InChI is InChI=1S/C10H14N4O/c1-3-14-8-5-9(15-2)7(11)4-6(8)10(12)13-14/h4-5H,3,11H2,1-2H3,(H2,12,13). The molecule has 15 heavy (non-hydrogen) atoms. The number of aryl methyl sites for hydroxylation is 1. The van der Waals surface area contributed by atoms with E-state index in [1.54, 1.807) is 13.2 Å². The van der Waals surface area contributed by atoms with E-state index in [1.165, 1.54) is 0 Å². The van der Waals surface area contributed by atoms with Gasteiger partial charge in [0.05, 0.1) is 18.3 Å². The Morgan fingerprint density at radius 2 is 2.13 bits per heavy atom. The molecule has 1 aromatic carbocycles. The van der Waals surface area contributed by atoms with Crippen LogP contribution in [0.2, 0.25) is 0 Å². The number of hydrogen-bond donors (Lipinski definition) is 2. The van der Waals surface area contributed by atoms with E-state index in [1.807, 2.05) is 17.7 Å². The summed E-state index contributed by atoms with van der Waals surface area (Å²) in [5.41, 5.74) is 13.1. The highest BCUT2D eigenvalue weighted by Crippen LogP contribution is 2.30. The van der Waals surface area contributed by atoms with Crippen molar-refractivity contribution in [3.63, 3.8) is 0 Å². The quantitative estimate of drug-likeness (QED) is 0.724. The summed E-state index contributed by atoms with van der Waals surface area (Å²) in [6, 6.07) is 3.65. The van der Waals surface area contributed by atoms with Gasteiger partial charge >= 0.3 is 0 Å². The van der Waals surface area contributed by atoms with Crippen LogP contribution in [0, 0.1) is 0 Å². The Morgan fingerprint density at radius 3 is 2.73 bits per heavy atom. The molecule has 0 atom stereocenters. The maximum absolute atomic E-state index is 5.80. The molecule has 2 aromatic rings. The van der Waals surface area contributed by atoms with Crippen molar-refractivity contribution in [1.29, 1.82) is 0 Å². The van der Waals surface area contributed by atoms with Crippen molar-refractivity contribution < 1.29 is 4.74 Å². The number of benzene rings is 1. The highest BCUT2D eigenvalue weighted by Gasteiger charge is 2.10. The van der Waals surface area contributed by atoms with Crippen LogP contribution in [0.5, 0.6) is 5.75 Å². The number of aromatic nitrogens is 2. The summed E-state index contributed by atoms with van der Waals surface area (Å²) < 4.78 is 6.98. The Hall–Kier alpha value is -1.91. The van der Waals surface area contributed by atoms with Gasteiger partial charge in [0.2, 0.25) is 0 Å². The molecule has 80 valence electrons. The lowest BCUT2D eigenvalue weighted by Gasteiger charge is -2.05. The number of nitrogens with zero attached hydrogens (tertiary/aromatic N) is 2. The van der Waals surface area contributed by atoms with E-state index in [2.05, 4.69) is 5.10 Å². The minimum Gasteiger partial charge on any atom is -0.495 e. The maximum Gasteiger partial charge on any atom is 0.153 e. The van der Waals surface area contributed by atoms with Crippen LogP contribution in [0.4, 0.5) is 11.5 Å². The third kappa shape index (κ3) is 1.36. The van der Waals surface area contributed by atoms with E-state index in [0.29, 0.717) is 17.3 Å². The van der Waals surface area contributed by atoms with Crippen LogP contribution in [0.3, 0.4) is 0 Å². The molecule has 0 fully saturated rings. The lowest BCUT2D eigenvalue weighted by molar-refractivity contribution is 0.417. The van der Waals surface area contributed by atoms with Crippen molar-refractivity contribution in [2.75, 3.05) is 18.6 Å². The van der Waals surface area contributed by atoms with Gasteiger partial charge in [-0.3, -0.25) is 4.68 Å². The van der Waals surface area contributed by atoms with Crippen molar-refractivity contribution in [2.24, 2.45) is 0 Å². The first-order chi connectivity index (χ1) is 7.17. The van der Waals surface area contributed by atoms with Crippen molar-refractivity contribution in [3.05, 3.63) is 12.1 Å². The average molecular weight is 206 g/mol. The molecular formula is C10H14N4O. The third-order valence-electron chi connectivity index (χ3n) is 2.43. The molecule has 2 rings (SSSR count). The summed E-state index contributed by atoms with van der Waals surface area (Å²) in [5.74, 6) is 1.15. The molecule has 4 N–H and O–H groups in total. The summed E-state index contributed by atoms with van der Waals surface area (Å²) in [6.45, 7) is 2.77. The van der Waals surface area contributed by atoms with Crippen molar-refractivity contribution in [2.45, 2.75) is 13.5 Å². The number of anilines is 2. The minimum absolute atomic E-state index is 0.501. The number of ether oxygens (including phenoxy) is 1. The number of hydrogen-bond acceptors (Lipinski definition) is 4. The smallest absolute Gasteiger partial charge is 0.153 e. The Balaban J connectivity index is 2.77. The SMILES string of the molecule is CCn1nc(N)c2cc(N)c(OC)cc21. The van der Waals surface area contributed by atoms with E-state index in [0.717, 1.165) is 17.4 Å². The van der Waals surface area contributed by atoms with Gasteiger partial charge in [-0.1, -0.05) is 0 Å². The highest BCUT2D eigenvalue weighted by molar-refractivity contribution is 5.93. The van der Waals surface area contributed by atoms with Gasteiger partial charge in [-0.2, -0.15) is 5.10 Å². The van der Waals surface area contributed by atoms with Gasteiger partial charge in [0.1, 0.15) is 5.75 Å². The van der Waals surface area contributed by atoms with Gasteiger partial charge in [0.25, 0.3) is 0 Å². The first-order valence-electron chi connectivity index (χ1n) is 4.76. The van der Waals surface area contributed by atoms with Gasteiger partial charge < -0.3 is 16.2 Å². The van der Waals surface area contributed by atoms with Crippen molar-refractivity contribution in [3.8, 4) is 5.75 Å². The van der Waals surface area contributed by atoms with Gasteiger partial charge in [-0.25, -0.2) is 0 Å². The zero-order valence-corrected chi connectivity index (χ0v) is 8.82. The molecule has 0 amide bonds. The molecule has 0 unspecified atom stereocenters. The second kappa shape index (κ2) is 3.34. The minimum atomic E-state index is 0.501. The fourth-order valence-electron chi connectivity index (χ4n) is 1.66. The van der Waals surface area contributed by atoms with Crippen LogP contribution in [0.1, 0.15) is 6.92 Å². The third-order valence-corrected chi connectivity index (χ3v) is 2.43. The fourth-order valence-corrected chi connectivity index (χ4v) is 1.66. The number of nitrogen functional groups attached to an aromatic ring is 2. The average Bonchev–Trinajstić information content (AvgIpc) is 2.54. The molecule has 0 spiro atoms. The molecule has 0 aliphatic rings. The predicted octanol–water partition coefficient (Wildman–Crippen LogP) is 1.23. The van der Waals surface area contributed by atoms with Gasteiger partial charge in [-0.05, 0) is 13.0 Å². The lowest BCUT2D eigenvalue weighted by Crippen LogP contribution is -1.97. The molecule has 5 nitrogen and oxygen atoms in total. The van der Waals surface area contributed by atoms with E-state index in [-0.39, 0.29) is 0 Å². The number of nitrogens with two attached hydrogens (primary N) is 2. The largest absolute Gasteiger partial charge is 0.495 e. The fraction of sp³-hybridized carbons (Fsp3) is 0.300. The van der Waals surface area contributed by atoms with Crippen molar-refractivity contribution >= 4 is 22.4 Å². The van der Waals surface area contributed by atoms with Crippen LogP contribution in [-0.4, -0.2) is 16.9 Å². The summed E-state index contributed by atoms with van der Waals surface area (Å²) in [7, 11) is 1.59. The summed E-state index contributed by atoms with van der Waals surface area (Å²) in [4.78, 5) is 0. The van der Waals surface area contributed by atoms with E-state index < -0.39 is 0 Å². The normalized spacial score (nSPS) is 10.8. The Kier molecular flexibility index (Phi) is 2.15. The van der Waals surface area contributed by atoms with E-state index in [9.17, 15) is 0 Å².